The van der Waals surface area contributed by atoms with Crippen LogP contribution in [0.15, 0.2) is 6.07 Å². The van der Waals surface area contributed by atoms with Crippen LogP contribution >= 0.6 is 11.3 Å². The molecular weight excluding hydrogens is 220 g/mol. The number of aryl methyl sites for hydroxylation is 2. The molecule has 86 valence electrons. The van der Waals surface area contributed by atoms with Crippen LogP contribution in [0, 0.1) is 0 Å². The highest BCUT2D eigenvalue weighted by atomic mass is 32.1. The predicted octanol–water partition coefficient (Wildman–Crippen LogP) is 1.34. The highest BCUT2D eigenvalue weighted by molar-refractivity contribution is 7.12. The number of hydrogen-bond donors (Lipinski definition) is 2. The topological polar surface area (TPSA) is 55.1 Å². The Kier molecular flexibility index (Phi) is 2.30. The lowest BCUT2D eigenvalue weighted by Crippen LogP contribution is -2.42. The van der Waals surface area contributed by atoms with Crippen LogP contribution in [0.4, 0.5) is 0 Å². The number of nitrogens with one attached hydrogen (secondary N) is 1. The molecule has 1 saturated carbocycles. The Morgan fingerprint density at radius 1 is 1.50 bits per heavy atom. The van der Waals surface area contributed by atoms with E-state index in [1.54, 1.807) is 0 Å². The predicted molar refractivity (Wildman–Crippen MR) is 64.3 cm³/mol. The molecule has 1 fully saturated rings. The van der Waals surface area contributed by atoms with E-state index in [9.17, 15) is 4.79 Å². The normalized spacial score (nSPS) is 20.6. The van der Waals surface area contributed by atoms with Crippen molar-refractivity contribution in [3.63, 3.8) is 0 Å². The van der Waals surface area contributed by atoms with E-state index in [0.717, 1.165) is 12.8 Å². The van der Waals surface area contributed by atoms with Crippen molar-refractivity contribution in [2.24, 2.45) is 5.73 Å². The number of thiophene rings is 1. The monoisotopic (exact) mass is 236 g/mol. The lowest BCUT2D eigenvalue weighted by Gasteiger charge is -2.08. The standard InChI is InChI=1S/C12H16N2OS/c13-12(4-5-12)11(15)14-7-9-6-8-2-1-3-10(8)16-9/h6H,1-5,7,13H2,(H,14,15). The van der Waals surface area contributed by atoms with Crippen molar-refractivity contribution < 1.29 is 4.79 Å². The second-order valence-corrected chi connectivity index (χ2v) is 6.07. The summed E-state index contributed by atoms with van der Waals surface area (Å²) in [5.41, 5.74) is 6.77. The molecule has 0 aromatic carbocycles. The van der Waals surface area contributed by atoms with Gasteiger partial charge in [0.2, 0.25) is 5.91 Å². The van der Waals surface area contributed by atoms with Crippen molar-refractivity contribution in [2.75, 3.05) is 0 Å². The lowest BCUT2D eigenvalue weighted by atomic mass is 10.2. The number of hydrogen-bond acceptors (Lipinski definition) is 3. The smallest absolute Gasteiger partial charge is 0.240 e. The number of rotatable bonds is 3. The average Bonchev–Trinajstić information content (AvgIpc) is 2.72. The fourth-order valence-corrected chi connectivity index (χ4v) is 3.38. The van der Waals surface area contributed by atoms with Gasteiger partial charge in [-0.3, -0.25) is 4.79 Å². The van der Waals surface area contributed by atoms with Gasteiger partial charge >= 0.3 is 0 Å². The second-order valence-electron chi connectivity index (χ2n) is 4.85. The molecule has 3 nitrogen and oxygen atoms in total. The average molecular weight is 236 g/mol. The van der Waals surface area contributed by atoms with Gasteiger partial charge in [0.25, 0.3) is 0 Å². The fourth-order valence-electron chi connectivity index (χ4n) is 2.18. The minimum atomic E-state index is -0.542. The van der Waals surface area contributed by atoms with Crippen LogP contribution in [0.3, 0.4) is 0 Å². The summed E-state index contributed by atoms with van der Waals surface area (Å²) >= 11 is 1.84. The molecule has 2 aliphatic carbocycles. The second kappa shape index (κ2) is 3.57. The summed E-state index contributed by atoms with van der Waals surface area (Å²) in [7, 11) is 0. The first-order valence-electron chi connectivity index (χ1n) is 5.85. The van der Waals surface area contributed by atoms with E-state index in [0.29, 0.717) is 6.54 Å². The van der Waals surface area contributed by atoms with Gasteiger partial charge in [0.15, 0.2) is 0 Å². The number of carbonyl (C=O) groups excluding carboxylic acids is 1. The van der Waals surface area contributed by atoms with Crippen LogP contribution in [0.25, 0.3) is 0 Å². The van der Waals surface area contributed by atoms with Gasteiger partial charge in [-0.2, -0.15) is 0 Å². The molecule has 1 amide bonds. The number of nitrogens with two attached hydrogens (primary N) is 1. The molecular formula is C12H16N2OS. The molecule has 3 N–H and O–H groups in total. The highest BCUT2D eigenvalue weighted by Crippen LogP contribution is 2.33. The van der Waals surface area contributed by atoms with Gasteiger partial charge in [-0.15, -0.1) is 11.3 Å². The molecule has 0 saturated heterocycles. The van der Waals surface area contributed by atoms with E-state index in [1.807, 2.05) is 11.3 Å². The maximum Gasteiger partial charge on any atom is 0.240 e. The highest BCUT2D eigenvalue weighted by Gasteiger charge is 2.45. The van der Waals surface area contributed by atoms with Crippen molar-refractivity contribution in [3.05, 3.63) is 21.4 Å². The van der Waals surface area contributed by atoms with E-state index in [1.165, 1.54) is 34.6 Å². The summed E-state index contributed by atoms with van der Waals surface area (Å²) in [4.78, 5) is 14.4. The summed E-state index contributed by atoms with van der Waals surface area (Å²) in [5.74, 6) is 0.0149. The Balaban J connectivity index is 1.60. The van der Waals surface area contributed by atoms with E-state index < -0.39 is 5.54 Å². The molecule has 16 heavy (non-hydrogen) atoms. The molecule has 0 radical (unpaired) electrons. The molecule has 2 aliphatic rings. The molecule has 0 atom stereocenters. The summed E-state index contributed by atoms with van der Waals surface area (Å²) in [6.07, 6.45) is 5.38. The first-order valence-corrected chi connectivity index (χ1v) is 6.67. The van der Waals surface area contributed by atoms with Crippen molar-refractivity contribution in [1.82, 2.24) is 5.32 Å². The lowest BCUT2D eigenvalue weighted by molar-refractivity contribution is -0.123. The molecule has 0 spiro atoms. The molecule has 4 heteroatoms. The van der Waals surface area contributed by atoms with Gasteiger partial charge in [0.05, 0.1) is 12.1 Å². The SMILES string of the molecule is NC1(C(=O)NCc2cc3c(s2)CCC3)CC1. The van der Waals surface area contributed by atoms with Crippen LogP contribution in [0.2, 0.25) is 0 Å². The molecule has 1 heterocycles. The third-order valence-corrected chi connectivity index (χ3v) is 4.70. The van der Waals surface area contributed by atoms with Crippen LogP contribution < -0.4 is 11.1 Å². The zero-order valence-corrected chi connectivity index (χ0v) is 10.0. The Morgan fingerprint density at radius 3 is 3.00 bits per heavy atom. The van der Waals surface area contributed by atoms with Crippen molar-refractivity contribution >= 4 is 17.2 Å². The van der Waals surface area contributed by atoms with Gasteiger partial charge in [-0.1, -0.05) is 0 Å². The quantitative estimate of drug-likeness (QED) is 0.832. The maximum atomic E-state index is 11.6. The Hall–Kier alpha value is -0.870. The largest absolute Gasteiger partial charge is 0.350 e. The van der Waals surface area contributed by atoms with E-state index in [-0.39, 0.29) is 5.91 Å². The third-order valence-electron chi connectivity index (χ3n) is 3.46. The van der Waals surface area contributed by atoms with E-state index in [4.69, 9.17) is 5.73 Å². The van der Waals surface area contributed by atoms with Gasteiger partial charge in [-0.05, 0) is 43.7 Å². The molecule has 1 aromatic heterocycles. The number of carbonyl (C=O) groups is 1. The molecule has 0 unspecified atom stereocenters. The van der Waals surface area contributed by atoms with Crippen molar-refractivity contribution in [3.8, 4) is 0 Å². The molecule has 3 rings (SSSR count). The Morgan fingerprint density at radius 2 is 2.31 bits per heavy atom. The van der Waals surface area contributed by atoms with Crippen LogP contribution in [-0.4, -0.2) is 11.4 Å². The zero-order valence-electron chi connectivity index (χ0n) is 9.21. The van der Waals surface area contributed by atoms with Crippen molar-refractivity contribution in [1.29, 1.82) is 0 Å². The molecule has 0 aliphatic heterocycles. The summed E-state index contributed by atoms with van der Waals surface area (Å²) in [6, 6.07) is 2.24. The van der Waals surface area contributed by atoms with Gasteiger partial charge in [-0.25, -0.2) is 0 Å². The zero-order chi connectivity index (χ0) is 11.2. The Labute approximate surface area is 99.0 Å². The summed E-state index contributed by atoms with van der Waals surface area (Å²) in [6.45, 7) is 0.648. The van der Waals surface area contributed by atoms with Crippen LogP contribution in [0.5, 0.6) is 0 Å². The fraction of sp³-hybridized carbons (Fsp3) is 0.583. The Bertz CT molecular complexity index is 413. The van der Waals surface area contributed by atoms with Crippen LogP contribution in [0.1, 0.15) is 34.6 Å². The van der Waals surface area contributed by atoms with Gasteiger partial charge in [0.1, 0.15) is 0 Å². The minimum absolute atomic E-state index is 0.0149. The van der Waals surface area contributed by atoms with E-state index in [2.05, 4.69) is 11.4 Å². The number of amides is 1. The summed E-state index contributed by atoms with van der Waals surface area (Å²) < 4.78 is 0. The maximum absolute atomic E-state index is 11.6. The van der Waals surface area contributed by atoms with Crippen LogP contribution in [-0.2, 0) is 24.2 Å². The summed E-state index contributed by atoms with van der Waals surface area (Å²) in [5, 5.41) is 2.94. The molecule has 1 aromatic rings. The van der Waals surface area contributed by atoms with E-state index >= 15 is 0 Å². The third kappa shape index (κ3) is 1.76. The van der Waals surface area contributed by atoms with Crippen molar-refractivity contribution in [2.45, 2.75) is 44.2 Å². The molecule has 0 bridgehead atoms. The number of fused-ring (bicyclic) bond motifs is 1. The first kappa shape index (κ1) is 10.3. The first-order chi connectivity index (χ1) is 7.67. The van der Waals surface area contributed by atoms with Gasteiger partial charge in [0, 0.05) is 9.75 Å². The minimum Gasteiger partial charge on any atom is -0.350 e. The van der Waals surface area contributed by atoms with Gasteiger partial charge < -0.3 is 11.1 Å².